The van der Waals surface area contributed by atoms with E-state index in [1.807, 2.05) is 6.07 Å². The lowest BCUT2D eigenvalue weighted by molar-refractivity contribution is 0.0840. The zero-order valence-corrected chi connectivity index (χ0v) is 33.0. The summed E-state index contributed by atoms with van der Waals surface area (Å²) in [6, 6.07) is 6.10. The summed E-state index contributed by atoms with van der Waals surface area (Å²) in [5, 5.41) is 0. The number of unbranched alkanes of at least 4 members (excludes halogenated alkanes) is 3. The van der Waals surface area contributed by atoms with Crippen molar-refractivity contribution >= 4 is 28.4 Å². The molecule has 0 aromatic heterocycles. The Morgan fingerprint density at radius 1 is 0.833 bits per heavy atom. The molecule has 0 fully saturated rings. The van der Waals surface area contributed by atoms with Crippen molar-refractivity contribution in [2.45, 2.75) is 132 Å². The molecule has 5 nitrogen and oxygen atoms in total. The first-order valence-electron chi connectivity index (χ1n) is 18.1. The minimum Gasteiger partial charge on any atom is -0.493 e. The van der Waals surface area contributed by atoms with Gasteiger partial charge in [-0.15, -0.1) is 0 Å². The van der Waals surface area contributed by atoms with Crippen LogP contribution >= 0.6 is 22.6 Å². The predicted molar refractivity (Wildman–Crippen MR) is 209 cm³/mol. The van der Waals surface area contributed by atoms with E-state index in [0.717, 1.165) is 86.0 Å². The first-order valence-corrected chi connectivity index (χ1v) is 19.2. The van der Waals surface area contributed by atoms with Gasteiger partial charge in [-0.25, -0.2) is 0 Å². The quantitative estimate of drug-likeness (QED) is 0.0762. The topological polar surface area (TPSA) is 54.0 Å². The van der Waals surface area contributed by atoms with Gasteiger partial charge in [-0.1, -0.05) is 75.5 Å². The number of carbonyl (C=O) groups is 1. The van der Waals surface area contributed by atoms with Crippen LogP contribution < -0.4 is 18.9 Å². The SMILES string of the molecule is CCCCOc1ccc([C@@H]2CC(=O)c3c(cc(OCCCC)c(CC=C(C)C)c3OCCCC)O2)c(C/C=C(\I)CCC=C(C)C)c1C. The Hall–Kier alpha value is -2.74. The average molecular weight is 771 g/mol. The molecule has 0 N–H and O–H groups in total. The molecule has 0 spiro atoms. The predicted octanol–water partition coefficient (Wildman–Crippen LogP) is 12.4. The van der Waals surface area contributed by atoms with Crippen LogP contribution in [0.3, 0.4) is 0 Å². The molecule has 1 heterocycles. The highest BCUT2D eigenvalue weighted by Gasteiger charge is 2.35. The van der Waals surface area contributed by atoms with E-state index in [9.17, 15) is 4.79 Å². The van der Waals surface area contributed by atoms with Crippen LogP contribution in [-0.2, 0) is 12.8 Å². The van der Waals surface area contributed by atoms with Crippen molar-refractivity contribution in [3.63, 3.8) is 0 Å². The van der Waals surface area contributed by atoms with E-state index in [4.69, 9.17) is 18.9 Å². The highest BCUT2D eigenvalue weighted by molar-refractivity contribution is 14.1. The lowest BCUT2D eigenvalue weighted by atomic mass is 9.88. The van der Waals surface area contributed by atoms with Crippen molar-refractivity contribution in [3.05, 3.63) is 79.0 Å². The summed E-state index contributed by atoms with van der Waals surface area (Å²) < 4.78 is 27.2. The minimum atomic E-state index is -0.421. The van der Waals surface area contributed by atoms with Crippen LogP contribution in [0.5, 0.6) is 23.0 Å². The summed E-state index contributed by atoms with van der Waals surface area (Å²) in [5.74, 6) is 2.86. The number of ketones is 1. The molecule has 0 unspecified atom stereocenters. The monoisotopic (exact) mass is 770 g/mol. The lowest BCUT2D eigenvalue weighted by Gasteiger charge is -2.31. The molecule has 0 saturated heterocycles. The van der Waals surface area contributed by atoms with Crippen LogP contribution in [0.2, 0.25) is 0 Å². The van der Waals surface area contributed by atoms with Crippen LogP contribution in [0.15, 0.2) is 51.2 Å². The summed E-state index contributed by atoms with van der Waals surface area (Å²) >= 11 is 2.46. The first-order chi connectivity index (χ1) is 23.1. The van der Waals surface area contributed by atoms with Crippen molar-refractivity contribution in [1.29, 1.82) is 0 Å². The van der Waals surface area contributed by atoms with E-state index in [1.54, 1.807) is 0 Å². The van der Waals surface area contributed by atoms with E-state index >= 15 is 0 Å². The maximum atomic E-state index is 14.2. The fourth-order valence-corrected chi connectivity index (χ4v) is 6.24. The van der Waals surface area contributed by atoms with Gasteiger partial charge < -0.3 is 18.9 Å². The van der Waals surface area contributed by atoms with Crippen LogP contribution in [0.4, 0.5) is 0 Å². The summed E-state index contributed by atoms with van der Waals surface area (Å²) in [5.41, 5.74) is 7.34. The maximum Gasteiger partial charge on any atom is 0.174 e. The number of allylic oxidation sites excluding steroid dienone is 6. The zero-order valence-electron chi connectivity index (χ0n) is 30.9. The fourth-order valence-electron chi connectivity index (χ4n) is 5.71. The molecule has 48 heavy (non-hydrogen) atoms. The van der Waals surface area contributed by atoms with Crippen LogP contribution in [0.1, 0.15) is 145 Å². The standard InChI is InChI=1S/C42H59IO5/c1-9-12-24-45-37-23-22-34(33(31(37)8)21-19-32(43)17-15-16-29(4)5)39-27-36(44)41-40(48-39)28-38(46-25-13-10-2)35(20-18-30(6)7)42(41)47-26-14-11-3/h16,18-19,22-23,28,39H,9-15,17,20-21,24-27H2,1-8H3/b32-19-/t39-/m0/s1. The number of fused-ring (bicyclic) bond motifs is 1. The number of rotatable bonds is 20. The van der Waals surface area contributed by atoms with Crippen LogP contribution in [0.25, 0.3) is 0 Å². The van der Waals surface area contributed by atoms with Crippen LogP contribution in [-0.4, -0.2) is 25.6 Å². The van der Waals surface area contributed by atoms with Gasteiger partial charge in [-0.3, -0.25) is 4.79 Å². The van der Waals surface area contributed by atoms with E-state index in [1.165, 1.54) is 20.3 Å². The molecule has 0 aliphatic carbocycles. The number of benzene rings is 2. The number of halogens is 1. The summed E-state index contributed by atoms with van der Waals surface area (Å²) in [6.07, 6.45) is 16.0. The van der Waals surface area contributed by atoms with E-state index < -0.39 is 6.10 Å². The number of hydrogen-bond donors (Lipinski definition) is 0. The van der Waals surface area contributed by atoms with Crippen molar-refractivity contribution in [3.8, 4) is 23.0 Å². The van der Waals surface area contributed by atoms with Gasteiger partial charge in [0.1, 0.15) is 34.7 Å². The van der Waals surface area contributed by atoms with Crippen molar-refractivity contribution in [1.82, 2.24) is 0 Å². The molecule has 3 rings (SSSR count). The maximum absolute atomic E-state index is 14.2. The average Bonchev–Trinajstić information content (AvgIpc) is 3.04. The third kappa shape index (κ3) is 11.7. The Labute approximate surface area is 304 Å². The molecule has 2 aromatic carbocycles. The molecular weight excluding hydrogens is 711 g/mol. The smallest absolute Gasteiger partial charge is 0.174 e. The molecule has 6 heteroatoms. The number of Topliss-reactive ketones (excluding diaryl/α,β-unsaturated/α-hetero) is 1. The Morgan fingerprint density at radius 3 is 2.06 bits per heavy atom. The summed E-state index contributed by atoms with van der Waals surface area (Å²) in [7, 11) is 0. The molecule has 1 aliphatic heterocycles. The van der Waals surface area contributed by atoms with Crippen molar-refractivity contribution in [2.24, 2.45) is 0 Å². The zero-order chi connectivity index (χ0) is 35.1. The second-order valence-electron chi connectivity index (χ2n) is 13.3. The third-order valence-electron chi connectivity index (χ3n) is 8.59. The Bertz CT molecular complexity index is 1440. The minimum absolute atomic E-state index is 0.0463. The largest absolute Gasteiger partial charge is 0.493 e. The molecule has 0 bridgehead atoms. The van der Waals surface area contributed by atoms with Gasteiger partial charge in [-0.2, -0.15) is 0 Å². The normalized spacial score (nSPS) is 14.2. The molecule has 264 valence electrons. The van der Waals surface area contributed by atoms with E-state index in [-0.39, 0.29) is 12.2 Å². The highest BCUT2D eigenvalue weighted by Crippen LogP contribution is 2.47. The highest BCUT2D eigenvalue weighted by atomic mass is 127. The molecule has 0 amide bonds. The molecule has 0 radical (unpaired) electrons. The Balaban J connectivity index is 2.10. The summed E-state index contributed by atoms with van der Waals surface area (Å²) in [6.45, 7) is 18.9. The van der Waals surface area contributed by atoms with Crippen molar-refractivity contribution in [2.75, 3.05) is 19.8 Å². The fraction of sp³-hybridized carbons (Fsp3) is 0.548. The third-order valence-corrected chi connectivity index (χ3v) is 9.57. The molecular formula is C42H59IO5. The van der Waals surface area contributed by atoms with Gasteiger partial charge in [-0.05, 0) is 128 Å². The molecule has 1 aliphatic rings. The van der Waals surface area contributed by atoms with Gasteiger partial charge in [0.15, 0.2) is 5.78 Å². The summed E-state index contributed by atoms with van der Waals surface area (Å²) in [4.78, 5) is 14.2. The Kier molecular flexibility index (Phi) is 17.1. The first kappa shape index (κ1) is 39.7. The number of ether oxygens (including phenoxy) is 4. The van der Waals surface area contributed by atoms with Gasteiger partial charge in [0, 0.05) is 11.6 Å². The number of carbonyl (C=O) groups excluding carboxylic acids is 1. The van der Waals surface area contributed by atoms with Gasteiger partial charge in [0.05, 0.1) is 26.2 Å². The molecule has 1 atom stereocenters. The van der Waals surface area contributed by atoms with Crippen LogP contribution in [0, 0.1) is 6.92 Å². The van der Waals surface area contributed by atoms with Gasteiger partial charge in [0.25, 0.3) is 0 Å². The van der Waals surface area contributed by atoms with Crippen molar-refractivity contribution < 1.29 is 23.7 Å². The second-order valence-corrected chi connectivity index (χ2v) is 14.7. The van der Waals surface area contributed by atoms with E-state index in [0.29, 0.717) is 43.3 Å². The second kappa shape index (κ2) is 20.7. The Morgan fingerprint density at radius 2 is 1.44 bits per heavy atom. The molecule has 2 aromatic rings. The molecule has 0 saturated carbocycles. The van der Waals surface area contributed by atoms with Gasteiger partial charge in [0.2, 0.25) is 0 Å². The van der Waals surface area contributed by atoms with Gasteiger partial charge >= 0.3 is 0 Å². The lowest BCUT2D eigenvalue weighted by Crippen LogP contribution is -2.23. The number of hydrogen-bond acceptors (Lipinski definition) is 5. The van der Waals surface area contributed by atoms with E-state index in [2.05, 4.69) is 108 Å².